The van der Waals surface area contributed by atoms with Crippen molar-refractivity contribution < 1.29 is 0 Å². The maximum atomic E-state index is 5.15. The molecule has 0 saturated carbocycles. The van der Waals surface area contributed by atoms with E-state index in [0.29, 0.717) is 17.5 Å². The Labute approximate surface area is 303 Å². The number of aromatic nitrogens is 4. The van der Waals surface area contributed by atoms with Gasteiger partial charge in [-0.05, 0) is 111 Å². The molecule has 7 aromatic carbocycles. The first-order chi connectivity index (χ1) is 25.6. The summed E-state index contributed by atoms with van der Waals surface area (Å²) < 4.78 is 0. The number of benzene rings is 7. The van der Waals surface area contributed by atoms with Gasteiger partial charge in [-0.25, -0.2) is 15.0 Å². The fourth-order valence-electron chi connectivity index (χ4n) is 7.21. The van der Waals surface area contributed by atoms with Crippen molar-refractivity contribution in [1.82, 2.24) is 19.9 Å². The van der Waals surface area contributed by atoms with Gasteiger partial charge in [0.1, 0.15) is 0 Å². The first-order valence-corrected chi connectivity index (χ1v) is 17.6. The zero-order valence-corrected chi connectivity index (χ0v) is 29.0. The molecule has 0 fully saturated rings. The van der Waals surface area contributed by atoms with Crippen LogP contribution in [0.2, 0.25) is 0 Å². The van der Waals surface area contributed by atoms with Crippen molar-refractivity contribution in [2.45, 2.75) is 13.8 Å². The topological polar surface area (TPSA) is 51.6 Å². The highest BCUT2D eigenvalue weighted by molar-refractivity contribution is 6.13. The highest BCUT2D eigenvalue weighted by atomic mass is 15.0. The standard InChI is InChI=1S/C48H34N4/c1-31-24-39(25-32(2)49-31)35-20-13-21-36(26-35)40-28-41(45-43-22-11-9-18-37(43)27-38-19-10-12-23-44(38)45)30-42(29-40)48-51-46(33-14-5-3-6-15-33)50-47(52-48)34-16-7-4-8-17-34/h3-30H,1-2H3. The Morgan fingerprint density at radius 2 is 0.692 bits per heavy atom. The Morgan fingerprint density at radius 3 is 1.25 bits per heavy atom. The van der Waals surface area contributed by atoms with Gasteiger partial charge in [0.05, 0.1) is 0 Å². The summed E-state index contributed by atoms with van der Waals surface area (Å²) in [5.74, 6) is 1.90. The molecule has 4 heteroatoms. The van der Waals surface area contributed by atoms with E-state index in [1.54, 1.807) is 0 Å². The summed E-state index contributed by atoms with van der Waals surface area (Å²) >= 11 is 0. The molecule has 246 valence electrons. The SMILES string of the molecule is Cc1cc(-c2cccc(-c3cc(-c4nc(-c5ccccc5)nc(-c5ccccc5)n4)cc(-c4c5ccccc5cc5ccccc45)c3)c2)cc(C)n1. The first-order valence-electron chi connectivity index (χ1n) is 17.6. The molecular weight excluding hydrogens is 633 g/mol. The average molecular weight is 667 g/mol. The van der Waals surface area contributed by atoms with E-state index >= 15 is 0 Å². The lowest BCUT2D eigenvalue weighted by Crippen LogP contribution is -2.00. The lowest BCUT2D eigenvalue weighted by molar-refractivity contribution is 1.07. The highest BCUT2D eigenvalue weighted by Crippen LogP contribution is 2.41. The summed E-state index contributed by atoms with van der Waals surface area (Å²) in [6.07, 6.45) is 0. The minimum absolute atomic E-state index is 0.622. The fourth-order valence-corrected chi connectivity index (χ4v) is 7.21. The normalized spacial score (nSPS) is 11.3. The van der Waals surface area contributed by atoms with Gasteiger partial charge in [-0.15, -0.1) is 0 Å². The van der Waals surface area contributed by atoms with Gasteiger partial charge < -0.3 is 0 Å². The van der Waals surface area contributed by atoms with E-state index in [-0.39, 0.29) is 0 Å². The van der Waals surface area contributed by atoms with Crippen LogP contribution in [0.1, 0.15) is 11.4 Å². The molecule has 2 heterocycles. The van der Waals surface area contributed by atoms with E-state index in [1.807, 2.05) is 74.5 Å². The Kier molecular flexibility index (Phi) is 7.90. The molecule has 0 aliphatic rings. The quantitative estimate of drug-likeness (QED) is 0.166. The summed E-state index contributed by atoms with van der Waals surface area (Å²) in [7, 11) is 0. The van der Waals surface area contributed by atoms with Crippen molar-refractivity contribution in [3.8, 4) is 67.5 Å². The van der Waals surface area contributed by atoms with E-state index in [9.17, 15) is 0 Å². The van der Waals surface area contributed by atoms with E-state index in [2.05, 4.69) is 114 Å². The van der Waals surface area contributed by atoms with E-state index < -0.39 is 0 Å². The van der Waals surface area contributed by atoms with Gasteiger partial charge in [-0.2, -0.15) is 0 Å². The third-order valence-corrected chi connectivity index (χ3v) is 9.56. The van der Waals surface area contributed by atoms with E-state index in [1.165, 1.54) is 27.1 Å². The average Bonchev–Trinajstić information content (AvgIpc) is 3.20. The molecule has 2 aromatic heterocycles. The van der Waals surface area contributed by atoms with Crippen LogP contribution in [0.25, 0.3) is 89.1 Å². The molecule has 0 aliphatic heterocycles. The number of hydrogen-bond acceptors (Lipinski definition) is 4. The van der Waals surface area contributed by atoms with Crippen molar-refractivity contribution in [2.24, 2.45) is 0 Å². The van der Waals surface area contributed by atoms with Crippen LogP contribution in [0.15, 0.2) is 170 Å². The second-order valence-electron chi connectivity index (χ2n) is 13.3. The molecule has 0 radical (unpaired) electrons. The van der Waals surface area contributed by atoms with Crippen molar-refractivity contribution in [2.75, 3.05) is 0 Å². The third-order valence-electron chi connectivity index (χ3n) is 9.56. The summed E-state index contributed by atoms with van der Waals surface area (Å²) in [5, 5.41) is 4.80. The maximum Gasteiger partial charge on any atom is 0.164 e. The van der Waals surface area contributed by atoms with Gasteiger partial charge in [0.25, 0.3) is 0 Å². The van der Waals surface area contributed by atoms with Gasteiger partial charge in [0.2, 0.25) is 0 Å². The van der Waals surface area contributed by atoms with Crippen LogP contribution < -0.4 is 0 Å². The van der Waals surface area contributed by atoms with Crippen LogP contribution in [-0.4, -0.2) is 19.9 Å². The number of rotatable bonds is 6. The zero-order valence-electron chi connectivity index (χ0n) is 29.0. The van der Waals surface area contributed by atoms with Gasteiger partial charge in [0.15, 0.2) is 17.5 Å². The largest absolute Gasteiger partial charge is 0.258 e. The molecule has 52 heavy (non-hydrogen) atoms. The van der Waals surface area contributed by atoms with Gasteiger partial charge in [-0.1, -0.05) is 127 Å². The molecule has 0 amide bonds. The Bertz CT molecular complexity index is 2620. The molecule has 9 aromatic rings. The van der Waals surface area contributed by atoms with Crippen LogP contribution >= 0.6 is 0 Å². The molecule has 0 saturated heterocycles. The van der Waals surface area contributed by atoms with Crippen molar-refractivity contribution in [3.05, 3.63) is 181 Å². The smallest absolute Gasteiger partial charge is 0.164 e. The van der Waals surface area contributed by atoms with E-state index in [0.717, 1.165) is 55.9 Å². The second-order valence-corrected chi connectivity index (χ2v) is 13.3. The molecule has 0 spiro atoms. The maximum absolute atomic E-state index is 5.15. The second kappa shape index (κ2) is 13.2. The van der Waals surface area contributed by atoms with Gasteiger partial charge in [0, 0.05) is 28.1 Å². The minimum atomic E-state index is 0.622. The number of pyridine rings is 1. The van der Waals surface area contributed by atoms with Crippen LogP contribution in [-0.2, 0) is 0 Å². The van der Waals surface area contributed by atoms with Gasteiger partial charge >= 0.3 is 0 Å². The third kappa shape index (κ3) is 6.01. The Hall–Kier alpha value is -6.78. The Balaban J connectivity index is 1.32. The van der Waals surface area contributed by atoms with Crippen molar-refractivity contribution >= 4 is 21.5 Å². The van der Waals surface area contributed by atoms with Crippen LogP contribution in [0.3, 0.4) is 0 Å². The summed E-state index contributed by atoms with van der Waals surface area (Å²) in [6, 6.07) is 59.7. The van der Waals surface area contributed by atoms with E-state index in [4.69, 9.17) is 15.0 Å². The lowest BCUT2D eigenvalue weighted by Gasteiger charge is -2.16. The number of fused-ring (bicyclic) bond motifs is 2. The molecule has 9 rings (SSSR count). The number of aryl methyl sites for hydroxylation is 2. The summed E-state index contributed by atoms with van der Waals surface area (Å²) in [4.78, 5) is 19.9. The molecule has 0 N–H and O–H groups in total. The minimum Gasteiger partial charge on any atom is -0.258 e. The van der Waals surface area contributed by atoms with Gasteiger partial charge in [-0.3, -0.25) is 4.98 Å². The predicted octanol–water partition coefficient (Wildman–Crippen LogP) is 12.2. The van der Waals surface area contributed by atoms with Crippen molar-refractivity contribution in [3.63, 3.8) is 0 Å². The van der Waals surface area contributed by atoms with Crippen LogP contribution in [0.4, 0.5) is 0 Å². The van der Waals surface area contributed by atoms with Crippen LogP contribution in [0, 0.1) is 13.8 Å². The zero-order chi connectivity index (χ0) is 35.0. The number of hydrogen-bond donors (Lipinski definition) is 0. The molecule has 0 atom stereocenters. The summed E-state index contributed by atoms with van der Waals surface area (Å²) in [6.45, 7) is 4.10. The summed E-state index contributed by atoms with van der Waals surface area (Å²) in [5.41, 5.74) is 11.6. The number of nitrogens with zero attached hydrogens (tertiary/aromatic N) is 4. The van der Waals surface area contributed by atoms with Crippen molar-refractivity contribution in [1.29, 1.82) is 0 Å². The van der Waals surface area contributed by atoms with Crippen LogP contribution in [0.5, 0.6) is 0 Å². The molecule has 4 nitrogen and oxygen atoms in total. The molecule has 0 unspecified atom stereocenters. The molecular formula is C48H34N4. The molecule has 0 bridgehead atoms. The predicted molar refractivity (Wildman–Crippen MR) is 215 cm³/mol. The highest BCUT2D eigenvalue weighted by Gasteiger charge is 2.17. The fraction of sp³-hybridized carbons (Fsp3) is 0.0417. The first kappa shape index (κ1) is 31.2. The Morgan fingerprint density at radius 1 is 0.288 bits per heavy atom. The molecule has 0 aliphatic carbocycles. The lowest BCUT2D eigenvalue weighted by atomic mass is 9.89. The monoisotopic (exact) mass is 666 g/mol.